The van der Waals surface area contributed by atoms with Gasteiger partial charge >= 0.3 is 0 Å². The minimum atomic E-state index is -3.83. The van der Waals surface area contributed by atoms with Gasteiger partial charge in [0.2, 0.25) is 21.8 Å². The molecule has 0 unspecified atom stereocenters. The average molecular weight is 555 g/mol. The minimum absolute atomic E-state index is 0.0594. The molecule has 7 nitrogen and oxygen atoms in total. The highest BCUT2D eigenvalue weighted by molar-refractivity contribution is 7.92. The summed E-state index contributed by atoms with van der Waals surface area (Å²) in [7, 11) is -3.83. The van der Waals surface area contributed by atoms with Crippen molar-refractivity contribution in [2.45, 2.75) is 64.6 Å². The SMILES string of the molecule is Cc1c(Cl)cccc1N(CC(=O)N(Cc1ccccc1Cl)[C@H](C)C(=O)NC1CCCCC1)S(C)(=O)=O. The van der Waals surface area contributed by atoms with Crippen LogP contribution >= 0.6 is 23.2 Å². The van der Waals surface area contributed by atoms with Crippen molar-refractivity contribution in [3.63, 3.8) is 0 Å². The smallest absolute Gasteiger partial charge is 0.244 e. The van der Waals surface area contributed by atoms with Gasteiger partial charge in [0.25, 0.3) is 0 Å². The number of halogens is 2. The number of anilines is 1. The Morgan fingerprint density at radius 2 is 1.67 bits per heavy atom. The van der Waals surface area contributed by atoms with Gasteiger partial charge in [-0.25, -0.2) is 8.42 Å². The summed E-state index contributed by atoms with van der Waals surface area (Å²) in [5.41, 5.74) is 1.52. The molecule has 1 fully saturated rings. The molecule has 3 rings (SSSR count). The first kappa shape index (κ1) is 28.3. The van der Waals surface area contributed by atoms with E-state index in [2.05, 4.69) is 5.32 Å². The summed E-state index contributed by atoms with van der Waals surface area (Å²) >= 11 is 12.6. The van der Waals surface area contributed by atoms with Crippen molar-refractivity contribution in [3.05, 3.63) is 63.6 Å². The summed E-state index contributed by atoms with van der Waals surface area (Å²) in [4.78, 5) is 28.3. The van der Waals surface area contributed by atoms with Crippen molar-refractivity contribution in [2.75, 3.05) is 17.1 Å². The van der Waals surface area contributed by atoms with Crippen LogP contribution in [0.15, 0.2) is 42.5 Å². The molecule has 1 saturated carbocycles. The van der Waals surface area contributed by atoms with E-state index in [1.54, 1.807) is 56.3 Å². The van der Waals surface area contributed by atoms with Gasteiger partial charge in [-0.05, 0) is 56.0 Å². The van der Waals surface area contributed by atoms with Crippen LogP contribution < -0.4 is 9.62 Å². The maximum Gasteiger partial charge on any atom is 0.244 e. The number of carbonyl (C=O) groups is 2. The molecule has 0 aromatic heterocycles. The first-order chi connectivity index (χ1) is 17.0. The number of amides is 2. The van der Waals surface area contributed by atoms with Crippen LogP contribution in [0.4, 0.5) is 5.69 Å². The fourth-order valence-corrected chi connectivity index (χ4v) is 5.69. The molecular weight excluding hydrogens is 521 g/mol. The average Bonchev–Trinajstić information content (AvgIpc) is 2.83. The second-order valence-electron chi connectivity index (χ2n) is 9.29. The number of benzene rings is 2. The summed E-state index contributed by atoms with van der Waals surface area (Å²) in [6, 6.07) is 11.2. The Morgan fingerprint density at radius 1 is 1.03 bits per heavy atom. The highest BCUT2D eigenvalue weighted by atomic mass is 35.5. The first-order valence-corrected chi connectivity index (χ1v) is 14.7. The Labute approximate surface area is 223 Å². The monoisotopic (exact) mass is 553 g/mol. The Hall–Kier alpha value is -2.29. The third kappa shape index (κ3) is 7.14. The van der Waals surface area contributed by atoms with Crippen LogP contribution in [-0.4, -0.2) is 50.0 Å². The Bertz CT molecular complexity index is 1200. The van der Waals surface area contributed by atoms with Crippen molar-refractivity contribution in [3.8, 4) is 0 Å². The summed E-state index contributed by atoms with van der Waals surface area (Å²) in [5, 5.41) is 3.92. The molecular formula is C26H33Cl2N3O4S. The zero-order chi connectivity index (χ0) is 26.5. The number of carbonyl (C=O) groups excluding carboxylic acids is 2. The van der Waals surface area contributed by atoms with E-state index in [4.69, 9.17) is 23.2 Å². The summed E-state index contributed by atoms with van der Waals surface area (Å²) in [6.45, 7) is 2.93. The van der Waals surface area contributed by atoms with Gasteiger partial charge in [-0.2, -0.15) is 0 Å². The van der Waals surface area contributed by atoms with Crippen molar-refractivity contribution < 1.29 is 18.0 Å². The van der Waals surface area contributed by atoms with Crippen LogP contribution in [0.25, 0.3) is 0 Å². The lowest BCUT2D eigenvalue weighted by molar-refractivity contribution is -0.139. The zero-order valence-corrected chi connectivity index (χ0v) is 23.2. The van der Waals surface area contributed by atoms with Crippen LogP contribution in [-0.2, 0) is 26.2 Å². The standard InChI is InChI=1S/C26H33Cl2N3O4S/c1-18-22(27)14-9-15-24(18)31(36(3,34)35)17-25(32)30(16-20-10-7-8-13-23(20)28)19(2)26(33)29-21-11-5-4-6-12-21/h7-10,13-15,19,21H,4-6,11-12,16-17H2,1-3H3,(H,29,33)/t19-/m1/s1. The molecule has 0 heterocycles. The second-order valence-corrected chi connectivity index (χ2v) is 12.0. The van der Waals surface area contributed by atoms with Gasteiger partial charge in [0, 0.05) is 22.6 Å². The third-order valence-electron chi connectivity index (χ3n) is 6.60. The molecule has 2 amide bonds. The Kier molecular flexibility index (Phi) is 9.66. The van der Waals surface area contributed by atoms with E-state index in [-0.39, 0.29) is 18.5 Å². The van der Waals surface area contributed by atoms with E-state index in [1.165, 1.54) is 4.90 Å². The van der Waals surface area contributed by atoms with Gasteiger partial charge in [-0.3, -0.25) is 13.9 Å². The van der Waals surface area contributed by atoms with Crippen molar-refractivity contribution >= 4 is 50.7 Å². The molecule has 1 aliphatic rings. The topological polar surface area (TPSA) is 86.8 Å². The van der Waals surface area contributed by atoms with Gasteiger partial charge < -0.3 is 10.2 Å². The molecule has 36 heavy (non-hydrogen) atoms. The summed E-state index contributed by atoms with van der Waals surface area (Å²) in [6.07, 6.45) is 6.13. The van der Waals surface area contributed by atoms with E-state index in [0.29, 0.717) is 26.9 Å². The van der Waals surface area contributed by atoms with Crippen LogP contribution in [0, 0.1) is 6.92 Å². The molecule has 0 aliphatic heterocycles. The van der Waals surface area contributed by atoms with E-state index in [0.717, 1.165) is 42.7 Å². The normalized spacial score (nSPS) is 15.2. The van der Waals surface area contributed by atoms with Gasteiger partial charge in [-0.1, -0.05) is 66.7 Å². The van der Waals surface area contributed by atoms with Gasteiger partial charge in [-0.15, -0.1) is 0 Å². The lowest BCUT2D eigenvalue weighted by Crippen LogP contribution is -2.53. The van der Waals surface area contributed by atoms with E-state index >= 15 is 0 Å². The first-order valence-electron chi connectivity index (χ1n) is 12.0. The largest absolute Gasteiger partial charge is 0.352 e. The molecule has 2 aromatic rings. The molecule has 1 atom stereocenters. The number of sulfonamides is 1. The van der Waals surface area contributed by atoms with Crippen LogP contribution in [0.5, 0.6) is 0 Å². The van der Waals surface area contributed by atoms with Gasteiger partial charge in [0.15, 0.2) is 0 Å². The number of hydrogen-bond acceptors (Lipinski definition) is 4. The quantitative estimate of drug-likeness (QED) is 0.476. The molecule has 196 valence electrons. The zero-order valence-electron chi connectivity index (χ0n) is 20.8. The highest BCUT2D eigenvalue weighted by Gasteiger charge is 2.32. The molecule has 0 spiro atoms. The van der Waals surface area contributed by atoms with Crippen LogP contribution in [0.1, 0.15) is 50.2 Å². The van der Waals surface area contributed by atoms with E-state index in [1.807, 2.05) is 0 Å². The summed E-state index contributed by atoms with van der Waals surface area (Å²) in [5.74, 6) is -0.793. The van der Waals surface area contributed by atoms with E-state index < -0.39 is 28.5 Å². The lowest BCUT2D eigenvalue weighted by atomic mass is 9.95. The molecule has 2 aromatic carbocycles. The number of hydrogen-bond donors (Lipinski definition) is 1. The molecule has 1 aliphatic carbocycles. The third-order valence-corrected chi connectivity index (χ3v) is 8.51. The van der Waals surface area contributed by atoms with Crippen LogP contribution in [0.3, 0.4) is 0 Å². The van der Waals surface area contributed by atoms with Gasteiger partial charge in [0.05, 0.1) is 11.9 Å². The maximum atomic E-state index is 13.7. The van der Waals surface area contributed by atoms with Crippen LogP contribution in [0.2, 0.25) is 10.0 Å². The Balaban J connectivity index is 1.91. The van der Waals surface area contributed by atoms with Crippen molar-refractivity contribution in [2.24, 2.45) is 0 Å². The van der Waals surface area contributed by atoms with Crippen molar-refractivity contribution in [1.29, 1.82) is 0 Å². The fourth-order valence-electron chi connectivity index (χ4n) is 4.42. The van der Waals surface area contributed by atoms with E-state index in [9.17, 15) is 18.0 Å². The molecule has 0 bridgehead atoms. The van der Waals surface area contributed by atoms with Gasteiger partial charge in [0.1, 0.15) is 12.6 Å². The predicted octanol–water partition coefficient (Wildman–Crippen LogP) is 4.93. The lowest BCUT2D eigenvalue weighted by Gasteiger charge is -2.33. The minimum Gasteiger partial charge on any atom is -0.352 e. The fraction of sp³-hybridized carbons (Fsp3) is 0.462. The maximum absolute atomic E-state index is 13.7. The number of nitrogens with zero attached hydrogens (tertiary/aromatic N) is 2. The Morgan fingerprint density at radius 3 is 2.31 bits per heavy atom. The summed E-state index contributed by atoms with van der Waals surface area (Å²) < 4.78 is 26.5. The molecule has 10 heteroatoms. The van der Waals surface area contributed by atoms with Crippen molar-refractivity contribution in [1.82, 2.24) is 10.2 Å². The predicted molar refractivity (Wildman–Crippen MR) is 145 cm³/mol. The molecule has 0 radical (unpaired) electrons. The molecule has 0 saturated heterocycles. The number of rotatable bonds is 9. The molecule has 1 N–H and O–H groups in total. The number of nitrogens with one attached hydrogen (secondary N) is 1. The highest BCUT2D eigenvalue weighted by Crippen LogP contribution is 2.29. The second kappa shape index (κ2) is 12.3.